The fourth-order valence-corrected chi connectivity index (χ4v) is 3.65. The lowest BCUT2D eigenvalue weighted by Gasteiger charge is -2.35. The zero-order valence-corrected chi connectivity index (χ0v) is 13.9. The monoisotopic (exact) mass is 339 g/mol. The molecule has 2 saturated heterocycles. The van der Waals surface area contributed by atoms with E-state index in [0.717, 1.165) is 18.4 Å². The number of amides is 1. The summed E-state index contributed by atoms with van der Waals surface area (Å²) in [4.78, 5) is 14.0. The minimum Gasteiger partial charge on any atom is -0.436 e. The SMILES string of the molecule is O=C1O[C@@H](c2ccccc2)[C@](O)(c2ccccc2)N1C[C@H]1CCCO1. The number of nitrogens with zero attached hydrogens (tertiary/aromatic N) is 1. The largest absolute Gasteiger partial charge is 0.436 e. The molecule has 3 atom stereocenters. The van der Waals surface area contributed by atoms with E-state index in [1.165, 1.54) is 4.90 Å². The van der Waals surface area contributed by atoms with Crippen LogP contribution in [0.5, 0.6) is 0 Å². The molecule has 0 spiro atoms. The molecule has 130 valence electrons. The van der Waals surface area contributed by atoms with E-state index in [0.29, 0.717) is 18.7 Å². The van der Waals surface area contributed by atoms with Crippen LogP contribution in [-0.4, -0.2) is 35.4 Å². The maximum absolute atomic E-state index is 12.6. The van der Waals surface area contributed by atoms with Crippen LogP contribution in [0.3, 0.4) is 0 Å². The molecule has 0 bridgehead atoms. The maximum Gasteiger partial charge on any atom is 0.413 e. The molecule has 2 aromatic rings. The Labute approximate surface area is 146 Å². The van der Waals surface area contributed by atoms with E-state index in [1.54, 1.807) is 0 Å². The summed E-state index contributed by atoms with van der Waals surface area (Å²) in [6.07, 6.45) is 0.474. The third-order valence-corrected chi connectivity index (χ3v) is 4.93. The van der Waals surface area contributed by atoms with E-state index in [-0.39, 0.29) is 6.10 Å². The van der Waals surface area contributed by atoms with Gasteiger partial charge in [-0.15, -0.1) is 0 Å². The Kier molecular flexibility index (Phi) is 4.19. The van der Waals surface area contributed by atoms with E-state index in [2.05, 4.69) is 0 Å². The van der Waals surface area contributed by atoms with Gasteiger partial charge in [-0.2, -0.15) is 0 Å². The van der Waals surface area contributed by atoms with Crippen LogP contribution in [0.25, 0.3) is 0 Å². The van der Waals surface area contributed by atoms with Gasteiger partial charge in [0.05, 0.1) is 12.6 Å². The van der Waals surface area contributed by atoms with Gasteiger partial charge in [-0.3, -0.25) is 4.90 Å². The molecular weight excluding hydrogens is 318 g/mol. The number of ether oxygens (including phenoxy) is 2. The minimum absolute atomic E-state index is 0.0719. The van der Waals surface area contributed by atoms with E-state index in [4.69, 9.17) is 9.47 Å². The van der Waals surface area contributed by atoms with Crippen molar-refractivity contribution in [2.75, 3.05) is 13.2 Å². The second-order valence-electron chi connectivity index (χ2n) is 6.51. The van der Waals surface area contributed by atoms with Crippen molar-refractivity contribution >= 4 is 6.09 Å². The Morgan fingerprint density at radius 3 is 2.40 bits per heavy atom. The van der Waals surface area contributed by atoms with Crippen LogP contribution in [-0.2, 0) is 15.2 Å². The fraction of sp³-hybridized carbons (Fsp3) is 0.350. The van der Waals surface area contributed by atoms with E-state index < -0.39 is 17.9 Å². The average Bonchev–Trinajstić information content (AvgIpc) is 3.26. The lowest BCUT2D eigenvalue weighted by atomic mass is 9.91. The van der Waals surface area contributed by atoms with Gasteiger partial charge in [0.2, 0.25) is 5.72 Å². The smallest absolute Gasteiger partial charge is 0.413 e. The zero-order chi connectivity index (χ0) is 17.3. The van der Waals surface area contributed by atoms with Crippen LogP contribution in [0.1, 0.15) is 30.1 Å². The first-order valence-electron chi connectivity index (χ1n) is 8.62. The number of benzene rings is 2. The highest BCUT2D eigenvalue weighted by atomic mass is 16.6. The van der Waals surface area contributed by atoms with Crippen LogP contribution < -0.4 is 0 Å². The van der Waals surface area contributed by atoms with Crippen molar-refractivity contribution in [2.45, 2.75) is 30.8 Å². The fourth-order valence-electron chi connectivity index (χ4n) is 3.65. The molecule has 2 fully saturated rings. The Bertz CT molecular complexity index is 730. The van der Waals surface area contributed by atoms with Gasteiger partial charge in [-0.05, 0) is 18.4 Å². The van der Waals surface area contributed by atoms with Gasteiger partial charge in [-0.25, -0.2) is 4.79 Å². The van der Waals surface area contributed by atoms with Gasteiger partial charge in [0.1, 0.15) is 0 Å². The highest BCUT2D eigenvalue weighted by Crippen LogP contribution is 2.46. The quantitative estimate of drug-likeness (QED) is 0.929. The van der Waals surface area contributed by atoms with Crippen molar-refractivity contribution in [3.8, 4) is 0 Å². The van der Waals surface area contributed by atoms with E-state index >= 15 is 0 Å². The summed E-state index contributed by atoms with van der Waals surface area (Å²) in [6, 6.07) is 18.6. The van der Waals surface area contributed by atoms with Gasteiger partial charge in [0.15, 0.2) is 6.10 Å². The van der Waals surface area contributed by atoms with Crippen LogP contribution in [0, 0.1) is 0 Å². The number of aliphatic hydroxyl groups is 1. The minimum atomic E-state index is -1.56. The van der Waals surface area contributed by atoms with Crippen molar-refractivity contribution < 1.29 is 19.4 Å². The molecule has 0 aromatic heterocycles. The number of hydrogen-bond donors (Lipinski definition) is 1. The summed E-state index contributed by atoms with van der Waals surface area (Å²) in [7, 11) is 0. The molecule has 2 aromatic carbocycles. The highest BCUT2D eigenvalue weighted by Gasteiger charge is 2.56. The molecule has 4 rings (SSSR count). The Morgan fingerprint density at radius 2 is 1.76 bits per heavy atom. The molecule has 25 heavy (non-hydrogen) atoms. The topological polar surface area (TPSA) is 59.0 Å². The van der Waals surface area contributed by atoms with Crippen molar-refractivity contribution in [3.63, 3.8) is 0 Å². The molecule has 5 heteroatoms. The van der Waals surface area contributed by atoms with Gasteiger partial charge < -0.3 is 14.6 Å². The lowest BCUT2D eigenvalue weighted by Crippen LogP contribution is -2.48. The van der Waals surface area contributed by atoms with Gasteiger partial charge >= 0.3 is 6.09 Å². The first-order chi connectivity index (χ1) is 12.2. The molecule has 2 heterocycles. The molecule has 1 amide bonds. The Hall–Kier alpha value is -2.37. The molecular formula is C20H21NO4. The number of hydrogen-bond acceptors (Lipinski definition) is 4. The van der Waals surface area contributed by atoms with Gasteiger partial charge in [0, 0.05) is 12.2 Å². The summed E-state index contributed by atoms with van der Waals surface area (Å²) in [5.41, 5.74) is -0.171. The van der Waals surface area contributed by atoms with Crippen LogP contribution in [0.4, 0.5) is 4.79 Å². The predicted molar refractivity (Wildman–Crippen MR) is 91.7 cm³/mol. The lowest BCUT2D eigenvalue weighted by molar-refractivity contribution is -0.118. The summed E-state index contributed by atoms with van der Waals surface area (Å²) in [6.45, 7) is 1.01. The number of carbonyl (C=O) groups is 1. The third-order valence-electron chi connectivity index (χ3n) is 4.93. The van der Waals surface area contributed by atoms with Gasteiger partial charge in [-0.1, -0.05) is 60.7 Å². The number of carbonyl (C=O) groups excluding carboxylic acids is 1. The number of cyclic esters (lactones) is 1. The van der Waals surface area contributed by atoms with Gasteiger partial charge in [0.25, 0.3) is 0 Å². The molecule has 5 nitrogen and oxygen atoms in total. The first kappa shape index (κ1) is 16.1. The maximum atomic E-state index is 12.6. The number of rotatable bonds is 4. The summed E-state index contributed by atoms with van der Waals surface area (Å²) >= 11 is 0. The summed E-state index contributed by atoms with van der Waals surface area (Å²) in [5, 5.41) is 11.7. The van der Waals surface area contributed by atoms with Crippen molar-refractivity contribution in [3.05, 3.63) is 71.8 Å². The van der Waals surface area contributed by atoms with Crippen LogP contribution in [0.2, 0.25) is 0 Å². The summed E-state index contributed by atoms with van der Waals surface area (Å²) < 4.78 is 11.3. The van der Waals surface area contributed by atoms with Crippen molar-refractivity contribution in [2.24, 2.45) is 0 Å². The molecule has 0 unspecified atom stereocenters. The molecule has 1 N–H and O–H groups in total. The molecule has 0 radical (unpaired) electrons. The molecule has 0 aliphatic carbocycles. The standard InChI is InChI=1S/C20H21NO4/c22-19-21(14-17-12-7-13-24-17)20(23,16-10-5-2-6-11-16)18(25-19)15-8-3-1-4-9-15/h1-6,8-11,17-18,23H,7,12-14H2/t17-,18+,20-/m1/s1. The summed E-state index contributed by atoms with van der Waals surface area (Å²) in [5.74, 6) is 0. The van der Waals surface area contributed by atoms with Crippen molar-refractivity contribution in [1.82, 2.24) is 4.90 Å². The Morgan fingerprint density at radius 1 is 1.08 bits per heavy atom. The second-order valence-corrected chi connectivity index (χ2v) is 6.51. The second kappa shape index (κ2) is 6.50. The van der Waals surface area contributed by atoms with Crippen molar-refractivity contribution in [1.29, 1.82) is 0 Å². The van der Waals surface area contributed by atoms with E-state index in [1.807, 2.05) is 60.7 Å². The third kappa shape index (κ3) is 2.79. The predicted octanol–water partition coefficient (Wildman–Crippen LogP) is 3.20. The van der Waals surface area contributed by atoms with Crippen LogP contribution in [0.15, 0.2) is 60.7 Å². The first-order valence-corrected chi connectivity index (χ1v) is 8.62. The Balaban J connectivity index is 1.76. The van der Waals surface area contributed by atoms with Crippen LogP contribution >= 0.6 is 0 Å². The normalized spacial score (nSPS) is 29.0. The van der Waals surface area contributed by atoms with E-state index in [9.17, 15) is 9.90 Å². The molecule has 2 aliphatic heterocycles. The zero-order valence-electron chi connectivity index (χ0n) is 13.9. The highest BCUT2D eigenvalue weighted by molar-refractivity contribution is 5.72. The molecule has 0 saturated carbocycles. The average molecular weight is 339 g/mol. The molecule has 2 aliphatic rings.